The lowest BCUT2D eigenvalue weighted by atomic mass is 10.1. The first-order chi connectivity index (χ1) is 17.0. The highest BCUT2D eigenvalue weighted by molar-refractivity contribution is 7.19. The predicted octanol–water partition coefficient (Wildman–Crippen LogP) is 3.87. The van der Waals surface area contributed by atoms with Gasteiger partial charge >= 0.3 is 6.03 Å². The number of hydrogen-bond donors (Lipinski definition) is 1. The first-order valence-corrected chi connectivity index (χ1v) is 12.3. The second-order valence-electron chi connectivity index (χ2n) is 8.44. The summed E-state index contributed by atoms with van der Waals surface area (Å²) in [4.78, 5) is 34.4. The normalized spacial score (nSPS) is 14.4. The van der Waals surface area contributed by atoms with E-state index in [-0.39, 0.29) is 17.4 Å². The van der Waals surface area contributed by atoms with Crippen LogP contribution in [0.15, 0.2) is 59.4 Å². The van der Waals surface area contributed by atoms with Crippen molar-refractivity contribution in [2.45, 2.75) is 19.9 Å². The van der Waals surface area contributed by atoms with Gasteiger partial charge in [-0.25, -0.2) is 14.2 Å². The second-order valence-corrected chi connectivity index (χ2v) is 9.39. The van der Waals surface area contributed by atoms with Crippen molar-refractivity contribution in [3.05, 3.63) is 82.0 Å². The monoisotopic (exact) mass is 492 g/mol. The topological polar surface area (TPSA) is 82.8 Å². The van der Waals surface area contributed by atoms with E-state index in [1.54, 1.807) is 17.0 Å². The van der Waals surface area contributed by atoms with Crippen LogP contribution in [0.25, 0.3) is 15.5 Å². The molecule has 0 spiro atoms. The van der Waals surface area contributed by atoms with Crippen LogP contribution in [-0.2, 0) is 13.0 Å². The number of hydrogen-bond acceptors (Lipinski definition) is 6. The number of anilines is 1. The molecule has 1 N–H and O–H groups in total. The largest absolute Gasteiger partial charge is 0.322 e. The molecule has 0 unspecified atom stereocenters. The highest BCUT2D eigenvalue weighted by atomic mass is 32.1. The summed E-state index contributed by atoms with van der Waals surface area (Å²) in [5.74, 6) is -0.323. The second kappa shape index (κ2) is 9.93. The summed E-state index contributed by atoms with van der Waals surface area (Å²) in [7, 11) is 0. The van der Waals surface area contributed by atoms with E-state index in [4.69, 9.17) is 0 Å². The fraction of sp³-hybridized carbons (Fsp3) is 0.280. The summed E-state index contributed by atoms with van der Waals surface area (Å²) < 4.78 is 14.5. The molecule has 1 aliphatic rings. The zero-order valence-electron chi connectivity index (χ0n) is 19.3. The van der Waals surface area contributed by atoms with Gasteiger partial charge in [0.1, 0.15) is 10.8 Å². The Morgan fingerprint density at radius 1 is 1.06 bits per heavy atom. The van der Waals surface area contributed by atoms with Gasteiger partial charge in [-0.05, 0) is 48.4 Å². The summed E-state index contributed by atoms with van der Waals surface area (Å²) in [6.45, 7) is 5.17. The molecule has 0 bridgehead atoms. The SMILES string of the molecule is CCc1ccc(NC(=O)N2CCN(Cc3cc(=O)n4nc(-c5ccc(F)cc5)sc4n3)CC2)cc1. The van der Waals surface area contributed by atoms with Gasteiger partial charge in [0.15, 0.2) is 0 Å². The van der Waals surface area contributed by atoms with Crippen molar-refractivity contribution < 1.29 is 9.18 Å². The molecule has 5 rings (SSSR count). The van der Waals surface area contributed by atoms with Gasteiger partial charge in [0.05, 0.1) is 5.69 Å². The van der Waals surface area contributed by atoms with Crippen molar-refractivity contribution in [1.29, 1.82) is 0 Å². The third-order valence-electron chi connectivity index (χ3n) is 6.05. The molecule has 1 saturated heterocycles. The molecular weight excluding hydrogens is 467 g/mol. The van der Waals surface area contributed by atoms with E-state index in [1.807, 2.05) is 24.3 Å². The Bertz CT molecular complexity index is 1390. The molecule has 8 nitrogen and oxygen atoms in total. The maximum atomic E-state index is 13.2. The molecule has 4 aromatic rings. The zero-order chi connectivity index (χ0) is 24.4. The van der Waals surface area contributed by atoms with Crippen LogP contribution in [0.1, 0.15) is 18.2 Å². The molecule has 180 valence electrons. The van der Waals surface area contributed by atoms with Crippen LogP contribution in [0.4, 0.5) is 14.9 Å². The molecule has 2 aromatic carbocycles. The first-order valence-electron chi connectivity index (χ1n) is 11.5. The van der Waals surface area contributed by atoms with Gasteiger partial charge in [0.2, 0.25) is 4.96 Å². The molecule has 10 heteroatoms. The summed E-state index contributed by atoms with van der Waals surface area (Å²) in [6.07, 6.45) is 0.961. The maximum absolute atomic E-state index is 13.2. The number of piperazine rings is 1. The van der Waals surface area contributed by atoms with Gasteiger partial charge in [-0.15, -0.1) is 0 Å². The number of urea groups is 1. The molecule has 1 fully saturated rings. The summed E-state index contributed by atoms with van der Waals surface area (Å²) >= 11 is 1.29. The van der Waals surface area contributed by atoms with Crippen molar-refractivity contribution in [2.24, 2.45) is 0 Å². The minimum Gasteiger partial charge on any atom is -0.322 e. The fourth-order valence-corrected chi connectivity index (χ4v) is 4.94. The van der Waals surface area contributed by atoms with Crippen molar-refractivity contribution in [1.82, 2.24) is 24.4 Å². The van der Waals surface area contributed by atoms with Crippen LogP contribution in [0.5, 0.6) is 0 Å². The quantitative estimate of drug-likeness (QED) is 0.457. The van der Waals surface area contributed by atoms with E-state index in [0.29, 0.717) is 48.4 Å². The molecule has 2 aromatic heterocycles. The lowest BCUT2D eigenvalue weighted by Gasteiger charge is -2.34. The lowest BCUT2D eigenvalue weighted by Crippen LogP contribution is -2.49. The molecule has 0 saturated carbocycles. The number of fused-ring (bicyclic) bond motifs is 1. The molecule has 0 aliphatic carbocycles. The average Bonchev–Trinajstić information content (AvgIpc) is 3.30. The van der Waals surface area contributed by atoms with Crippen molar-refractivity contribution in [3.8, 4) is 10.6 Å². The van der Waals surface area contributed by atoms with Crippen LogP contribution >= 0.6 is 11.3 Å². The van der Waals surface area contributed by atoms with E-state index < -0.39 is 0 Å². The number of benzene rings is 2. The number of halogens is 1. The molecule has 0 radical (unpaired) electrons. The van der Waals surface area contributed by atoms with E-state index >= 15 is 0 Å². The summed E-state index contributed by atoms with van der Waals surface area (Å²) in [5.41, 5.74) is 3.17. The third-order valence-corrected chi connectivity index (χ3v) is 7.01. The fourth-order valence-electron chi connectivity index (χ4n) is 4.01. The van der Waals surface area contributed by atoms with Gasteiger partial charge < -0.3 is 10.2 Å². The molecule has 0 atom stereocenters. The van der Waals surface area contributed by atoms with Crippen LogP contribution < -0.4 is 10.9 Å². The Kier molecular flexibility index (Phi) is 6.56. The number of aromatic nitrogens is 3. The number of carbonyl (C=O) groups excluding carboxylic acids is 1. The van der Waals surface area contributed by atoms with Crippen LogP contribution in [-0.4, -0.2) is 56.6 Å². The van der Waals surface area contributed by atoms with Gasteiger partial charge in [-0.2, -0.15) is 9.61 Å². The van der Waals surface area contributed by atoms with Crippen molar-refractivity contribution in [3.63, 3.8) is 0 Å². The Labute approximate surface area is 205 Å². The first kappa shape index (κ1) is 23.1. The standard InChI is InChI=1S/C25H25FN6O2S/c1-2-17-3-9-20(10-4-17)27-24(34)31-13-11-30(12-14-31)16-21-15-22(33)32-25(28-21)35-23(29-32)18-5-7-19(26)8-6-18/h3-10,15H,2,11-14,16H2,1H3,(H,27,34). The smallest absolute Gasteiger partial charge is 0.321 e. The molecular formula is C25H25FN6O2S. The molecule has 1 aliphatic heterocycles. The van der Waals surface area contributed by atoms with E-state index in [2.05, 4.69) is 27.2 Å². The Morgan fingerprint density at radius 2 is 1.77 bits per heavy atom. The van der Waals surface area contributed by atoms with E-state index in [9.17, 15) is 14.0 Å². The summed E-state index contributed by atoms with van der Waals surface area (Å²) in [6, 6.07) is 15.3. The Morgan fingerprint density at radius 3 is 2.46 bits per heavy atom. The zero-order valence-corrected chi connectivity index (χ0v) is 20.1. The van der Waals surface area contributed by atoms with Crippen LogP contribution in [0.3, 0.4) is 0 Å². The average molecular weight is 493 g/mol. The highest BCUT2D eigenvalue weighted by Gasteiger charge is 2.22. The third kappa shape index (κ3) is 5.23. The van der Waals surface area contributed by atoms with E-state index in [1.165, 1.54) is 39.6 Å². The molecule has 2 amide bonds. The molecule has 3 heterocycles. The number of aryl methyl sites for hydroxylation is 1. The van der Waals surface area contributed by atoms with E-state index in [0.717, 1.165) is 17.7 Å². The predicted molar refractivity (Wildman–Crippen MR) is 134 cm³/mol. The summed E-state index contributed by atoms with van der Waals surface area (Å²) in [5, 5.41) is 7.91. The number of nitrogens with one attached hydrogen (secondary N) is 1. The minimum absolute atomic E-state index is 0.107. The highest BCUT2D eigenvalue weighted by Crippen LogP contribution is 2.24. The van der Waals surface area contributed by atoms with Gasteiger partial charge in [-0.3, -0.25) is 9.69 Å². The molecule has 35 heavy (non-hydrogen) atoms. The van der Waals surface area contributed by atoms with Crippen molar-refractivity contribution >= 4 is 28.0 Å². The Balaban J connectivity index is 1.21. The van der Waals surface area contributed by atoms with Crippen molar-refractivity contribution in [2.75, 3.05) is 31.5 Å². The lowest BCUT2D eigenvalue weighted by molar-refractivity contribution is 0.142. The van der Waals surface area contributed by atoms with Crippen LogP contribution in [0.2, 0.25) is 0 Å². The van der Waals surface area contributed by atoms with Gasteiger partial charge in [0.25, 0.3) is 5.56 Å². The van der Waals surface area contributed by atoms with Crippen LogP contribution in [0, 0.1) is 5.82 Å². The minimum atomic E-state index is -0.323. The number of amides is 2. The van der Waals surface area contributed by atoms with Gasteiger partial charge in [0, 0.05) is 50.0 Å². The number of nitrogens with zero attached hydrogens (tertiary/aromatic N) is 5. The number of carbonyl (C=O) groups is 1. The Hall–Kier alpha value is -3.63. The maximum Gasteiger partial charge on any atom is 0.321 e. The number of rotatable bonds is 5. The van der Waals surface area contributed by atoms with Gasteiger partial charge in [-0.1, -0.05) is 30.4 Å².